The molecule has 0 saturated heterocycles. The van der Waals surface area contributed by atoms with Crippen molar-refractivity contribution >= 4 is 94.3 Å². The maximum absolute atomic E-state index is 6.47. The van der Waals surface area contributed by atoms with Crippen molar-refractivity contribution in [2.45, 2.75) is 0 Å². The first-order valence-electron chi connectivity index (χ1n) is 13.8. The fourth-order valence-corrected chi connectivity index (χ4v) is 8.82. The first kappa shape index (κ1) is 22.9. The van der Waals surface area contributed by atoms with Crippen LogP contribution in [-0.2, 0) is 0 Å². The summed E-state index contributed by atoms with van der Waals surface area (Å²) in [6.45, 7) is 0. The zero-order valence-corrected chi connectivity index (χ0v) is 23.8. The molecule has 0 aliphatic rings. The van der Waals surface area contributed by atoms with Crippen LogP contribution in [0.3, 0.4) is 0 Å². The van der Waals surface area contributed by atoms with Gasteiger partial charge in [-0.1, -0.05) is 24.3 Å². The summed E-state index contributed by atoms with van der Waals surface area (Å²) < 4.78 is 9.41. The minimum atomic E-state index is 0.290. The third-order valence-electron chi connectivity index (χ3n) is 8.20. The summed E-state index contributed by atoms with van der Waals surface area (Å²) in [5.41, 5.74) is 5.16. The molecule has 2 aromatic heterocycles. The van der Waals surface area contributed by atoms with Gasteiger partial charge in [0.1, 0.15) is 0 Å². The predicted octanol–water partition coefficient (Wildman–Crippen LogP) is 10.7. The monoisotopic (exact) mass is 589 g/mol. The molecular weight excluding hydrogens is 565 g/mol. The topological polar surface area (TPSA) is 16.4 Å². The number of benzene rings is 7. The van der Waals surface area contributed by atoms with Crippen LogP contribution in [0.4, 0.5) is 17.1 Å². The van der Waals surface area contributed by atoms with Gasteiger partial charge in [0.25, 0.3) is 0 Å². The Bertz CT molecular complexity index is 2430. The van der Waals surface area contributed by atoms with Gasteiger partial charge in [-0.2, -0.15) is 0 Å². The molecule has 0 N–H and O–H groups in total. The molecule has 0 saturated carbocycles. The third-order valence-corrected chi connectivity index (χ3v) is 10.8. The molecule has 9 rings (SSSR count). The van der Waals surface area contributed by atoms with Crippen LogP contribution < -0.4 is 4.90 Å². The average molecular weight is 589 g/mol. The number of para-hydroxylation sites is 1. The summed E-state index contributed by atoms with van der Waals surface area (Å²) in [7, 11) is 0. The van der Waals surface area contributed by atoms with Crippen LogP contribution in [0.2, 0.25) is 0 Å². The van der Waals surface area contributed by atoms with Crippen molar-refractivity contribution in [3.63, 3.8) is 0 Å². The van der Waals surface area contributed by atoms with Crippen LogP contribution in [0, 0.1) is 0 Å². The number of furan rings is 1. The quantitative estimate of drug-likeness (QED) is 0.191. The second-order valence-electron chi connectivity index (χ2n) is 10.6. The molecule has 0 radical (unpaired) electrons. The van der Waals surface area contributed by atoms with E-state index >= 15 is 0 Å². The number of nitrogens with zero attached hydrogens (tertiary/aromatic N) is 1. The Hall–Kier alpha value is -4.82. The molecule has 0 bridgehead atoms. The Kier molecular flexibility index (Phi) is 4.95. The minimum absolute atomic E-state index is 0.290. The van der Waals surface area contributed by atoms with Crippen molar-refractivity contribution in [2.24, 2.45) is 0 Å². The van der Waals surface area contributed by atoms with Gasteiger partial charge in [0.2, 0.25) is 0 Å². The Balaban J connectivity index is 1.27. The number of fused-ring (bicyclic) bond motifs is 9. The van der Waals surface area contributed by atoms with Crippen molar-refractivity contribution < 1.29 is 4.42 Å². The summed E-state index contributed by atoms with van der Waals surface area (Å²) >= 11 is 0.290. The molecule has 192 valence electrons. The van der Waals surface area contributed by atoms with Gasteiger partial charge in [-0.05, 0) is 0 Å². The van der Waals surface area contributed by atoms with E-state index in [1.165, 1.54) is 40.8 Å². The fourth-order valence-electron chi connectivity index (χ4n) is 6.24. The molecule has 2 heterocycles. The molecule has 0 aliphatic carbocycles. The van der Waals surface area contributed by atoms with Crippen molar-refractivity contribution in [3.8, 4) is 0 Å². The van der Waals surface area contributed by atoms with Gasteiger partial charge in [-0.15, -0.1) is 0 Å². The van der Waals surface area contributed by atoms with E-state index in [0.717, 1.165) is 39.0 Å². The molecule has 0 atom stereocenters. The molecule has 0 unspecified atom stereocenters. The zero-order chi connectivity index (χ0) is 26.9. The molecule has 7 aromatic carbocycles. The van der Waals surface area contributed by atoms with Gasteiger partial charge in [0.05, 0.1) is 0 Å². The van der Waals surface area contributed by atoms with E-state index in [4.69, 9.17) is 4.42 Å². The van der Waals surface area contributed by atoms with E-state index in [1.807, 2.05) is 0 Å². The van der Waals surface area contributed by atoms with E-state index in [-0.39, 0.29) is 0 Å². The van der Waals surface area contributed by atoms with E-state index in [1.54, 1.807) is 0 Å². The second-order valence-corrected chi connectivity index (χ2v) is 12.8. The van der Waals surface area contributed by atoms with Crippen molar-refractivity contribution in [1.82, 2.24) is 0 Å². The Morgan fingerprint density at radius 3 is 2.00 bits per heavy atom. The summed E-state index contributed by atoms with van der Waals surface area (Å²) in [4.78, 5) is 2.34. The third kappa shape index (κ3) is 3.57. The second kappa shape index (κ2) is 8.84. The van der Waals surface area contributed by atoms with Gasteiger partial charge in [0, 0.05) is 0 Å². The SMILES string of the molecule is c1ccc(N(c2ccc3c(c2)oc2cc4ccccc4cc23)c2ccc3ccc4c5ccccc5[se]c4c3c2)cc1. The molecule has 0 amide bonds. The molecule has 0 aliphatic heterocycles. The van der Waals surface area contributed by atoms with E-state index in [0.29, 0.717) is 14.5 Å². The number of anilines is 3. The fraction of sp³-hybridized carbons (Fsp3) is 0. The van der Waals surface area contributed by atoms with E-state index < -0.39 is 0 Å². The van der Waals surface area contributed by atoms with Gasteiger partial charge in [0.15, 0.2) is 0 Å². The Morgan fingerprint density at radius 1 is 0.415 bits per heavy atom. The van der Waals surface area contributed by atoms with E-state index in [9.17, 15) is 0 Å². The molecule has 0 fully saturated rings. The summed E-state index contributed by atoms with van der Waals surface area (Å²) in [6, 6.07) is 50.4. The first-order valence-corrected chi connectivity index (χ1v) is 15.6. The van der Waals surface area contributed by atoms with Crippen LogP contribution in [0.15, 0.2) is 144 Å². The van der Waals surface area contributed by atoms with Crippen LogP contribution in [0.5, 0.6) is 0 Å². The number of hydrogen-bond acceptors (Lipinski definition) is 2. The molecule has 41 heavy (non-hydrogen) atoms. The Morgan fingerprint density at radius 2 is 1.10 bits per heavy atom. The van der Waals surface area contributed by atoms with Crippen LogP contribution in [0.25, 0.3) is 62.8 Å². The molecule has 0 spiro atoms. The van der Waals surface area contributed by atoms with Gasteiger partial charge < -0.3 is 0 Å². The number of rotatable bonds is 3. The van der Waals surface area contributed by atoms with E-state index in [2.05, 4.69) is 144 Å². The maximum atomic E-state index is 6.47. The van der Waals surface area contributed by atoms with Gasteiger partial charge in [-0.3, -0.25) is 0 Å². The predicted molar refractivity (Wildman–Crippen MR) is 175 cm³/mol. The van der Waals surface area contributed by atoms with Gasteiger partial charge >= 0.3 is 219 Å². The van der Waals surface area contributed by atoms with Crippen LogP contribution in [0.1, 0.15) is 0 Å². The molecule has 2 nitrogen and oxygen atoms in total. The molecular formula is C38H23NOSe. The van der Waals surface area contributed by atoms with Gasteiger partial charge in [-0.25, -0.2) is 0 Å². The van der Waals surface area contributed by atoms with Crippen LogP contribution >= 0.6 is 0 Å². The average Bonchev–Trinajstić information content (AvgIpc) is 3.58. The number of hydrogen-bond donors (Lipinski definition) is 0. The summed E-state index contributed by atoms with van der Waals surface area (Å²) in [5.74, 6) is 0. The first-order chi connectivity index (χ1) is 20.3. The van der Waals surface area contributed by atoms with Crippen molar-refractivity contribution in [3.05, 3.63) is 140 Å². The molecule has 3 heteroatoms. The standard InChI is InChI=1S/C38H23NOSe/c1-2-10-27(11-3-1)39(28-16-14-24-15-18-32-31-12-6-7-13-37(31)41-38(32)33(24)22-28)29-17-19-30-34-20-25-8-4-5-9-26(25)21-35(34)40-36(30)23-29/h1-23H. The van der Waals surface area contributed by atoms with Crippen LogP contribution in [-0.4, -0.2) is 14.5 Å². The molecule has 9 aromatic rings. The zero-order valence-electron chi connectivity index (χ0n) is 22.0. The van der Waals surface area contributed by atoms with Crippen molar-refractivity contribution in [1.29, 1.82) is 0 Å². The normalized spacial score (nSPS) is 11.9. The van der Waals surface area contributed by atoms with Crippen molar-refractivity contribution in [2.75, 3.05) is 4.90 Å². The summed E-state index contributed by atoms with van der Waals surface area (Å²) in [6.07, 6.45) is 0. The summed E-state index contributed by atoms with van der Waals surface area (Å²) in [5, 5.41) is 10.1. The Labute approximate surface area is 242 Å².